The zero-order valence-electron chi connectivity index (χ0n) is 27.8. The first-order valence-corrected chi connectivity index (χ1v) is 15.8. The molecule has 1 aromatic heterocycles. The predicted molar refractivity (Wildman–Crippen MR) is 189 cm³/mol. The van der Waals surface area contributed by atoms with E-state index in [1.54, 1.807) is 49.7 Å². The van der Waals surface area contributed by atoms with E-state index >= 15 is 0 Å². The number of methoxy groups -OCH3 is 1. The molecule has 5 rings (SSSR count). The largest absolute Gasteiger partial charge is 0.496 e. The van der Waals surface area contributed by atoms with Crippen molar-refractivity contribution in [2.24, 2.45) is 5.10 Å². The van der Waals surface area contributed by atoms with Gasteiger partial charge in [-0.1, -0.05) is 44.2 Å². The molecule has 48 heavy (non-hydrogen) atoms. The molecule has 9 nitrogen and oxygen atoms in total. The van der Waals surface area contributed by atoms with Crippen LogP contribution in [0.4, 0.5) is 0 Å². The third kappa shape index (κ3) is 7.15. The smallest absolute Gasteiger partial charge is 0.335 e. The Morgan fingerprint density at radius 2 is 1.83 bits per heavy atom. The zero-order valence-corrected chi connectivity index (χ0v) is 27.8. The van der Waals surface area contributed by atoms with Crippen molar-refractivity contribution >= 4 is 23.1 Å². The van der Waals surface area contributed by atoms with Gasteiger partial charge in [0.2, 0.25) is 0 Å². The maximum atomic E-state index is 14.0. The highest BCUT2D eigenvalue weighted by Crippen LogP contribution is 2.36. The molecule has 0 amide bonds. The number of carboxylic acids is 1. The zero-order chi connectivity index (χ0) is 34.4. The molecule has 0 radical (unpaired) electrons. The van der Waals surface area contributed by atoms with Crippen molar-refractivity contribution in [3.63, 3.8) is 0 Å². The van der Waals surface area contributed by atoms with Crippen LogP contribution < -0.4 is 19.8 Å². The molecular weight excluding hydrogens is 606 g/mol. The first-order chi connectivity index (χ1) is 23.1. The number of fused-ring (bicyclic) bond motifs is 1. The second-order valence-corrected chi connectivity index (χ2v) is 11.6. The summed E-state index contributed by atoms with van der Waals surface area (Å²) < 4.78 is 19.2. The van der Waals surface area contributed by atoms with Crippen molar-refractivity contribution in [3.8, 4) is 28.6 Å². The molecule has 0 saturated heterocycles. The molecule has 0 spiro atoms. The molecule has 9 heteroatoms. The van der Waals surface area contributed by atoms with Crippen LogP contribution in [0.2, 0.25) is 0 Å². The number of nitrogens with zero attached hydrogens (tertiary/aromatic N) is 3. The minimum atomic E-state index is -1.01. The molecule has 246 valence electrons. The Kier molecular flexibility index (Phi) is 10.4. The summed E-state index contributed by atoms with van der Waals surface area (Å²) in [7, 11) is 1.65. The number of allylic oxidation sites excluding steroid dienone is 1. The summed E-state index contributed by atoms with van der Waals surface area (Å²) >= 11 is 0. The standard InChI is InChI=1S/C39H39N3O6/c1-7-12-28-19-27(20-35(47-8-2)36(28)48-23-26-13-11-14-29(18-26)39(44)45)22-40-42-37(41-33-16-10-9-15-30(33)38(42)43)32-21-31(24(3)4)34(46-6)17-25(32)5/h7,9-11,13-22,24H,1,8,12,23H2,2-6H3,(H,44,45). The monoisotopic (exact) mass is 645 g/mol. The van der Waals surface area contributed by atoms with Crippen LogP contribution in [0, 0.1) is 6.92 Å². The molecule has 5 aromatic rings. The first kappa shape index (κ1) is 33.7. The van der Waals surface area contributed by atoms with Crippen LogP contribution in [0.5, 0.6) is 17.2 Å². The van der Waals surface area contributed by atoms with Gasteiger partial charge in [0.15, 0.2) is 17.3 Å². The predicted octanol–water partition coefficient (Wildman–Crippen LogP) is 7.79. The SMILES string of the molecule is C=CCc1cc(C=Nn2c(-c3cc(C(C)C)c(OC)cc3C)nc3ccccc3c2=O)cc(OCC)c1OCc1cccc(C(=O)O)c1. The highest BCUT2D eigenvalue weighted by Gasteiger charge is 2.19. The molecule has 0 aliphatic carbocycles. The maximum absolute atomic E-state index is 14.0. The Balaban J connectivity index is 1.62. The molecule has 0 aliphatic rings. The third-order valence-corrected chi connectivity index (χ3v) is 7.89. The minimum Gasteiger partial charge on any atom is -0.496 e. The normalized spacial score (nSPS) is 11.3. The molecule has 0 unspecified atom stereocenters. The van der Waals surface area contributed by atoms with Crippen molar-refractivity contribution in [1.82, 2.24) is 9.66 Å². The number of hydrogen-bond donors (Lipinski definition) is 1. The van der Waals surface area contributed by atoms with Gasteiger partial charge in [0.25, 0.3) is 5.56 Å². The number of carbonyl (C=O) groups is 1. The number of ether oxygens (including phenoxy) is 3. The molecule has 0 fully saturated rings. The summed E-state index contributed by atoms with van der Waals surface area (Å²) in [5.74, 6) is 1.37. The van der Waals surface area contributed by atoms with E-state index in [-0.39, 0.29) is 23.6 Å². The van der Waals surface area contributed by atoms with Crippen LogP contribution in [0.3, 0.4) is 0 Å². The van der Waals surface area contributed by atoms with Gasteiger partial charge in [-0.05, 0) is 97.0 Å². The van der Waals surface area contributed by atoms with E-state index in [0.29, 0.717) is 52.4 Å². The first-order valence-electron chi connectivity index (χ1n) is 15.8. The summed E-state index contributed by atoms with van der Waals surface area (Å²) in [6.45, 7) is 12.5. The number of carboxylic acid groups (broad SMARTS) is 1. The van der Waals surface area contributed by atoms with E-state index in [9.17, 15) is 14.7 Å². The van der Waals surface area contributed by atoms with Gasteiger partial charge >= 0.3 is 5.97 Å². The molecule has 4 aromatic carbocycles. The molecular formula is C39H39N3O6. The Labute approximate surface area is 279 Å². The number of aromatic carboxylic acids is 1. The Morgan fingerprint density at radius 3 is 2.54 bits per heavy atom. The third-order valence-electron chi connectivity index (χ3n) is 7.89. The van der Waals surface area contributed by atoms with E-state index in [2.05, 4.69) is 20.4 Å². The topological polar surface area (TPSA) is 112 Å². The van der Waals surface area contributed by atoms with Gasteiger partial charge in [0, 0.05) is 11.1 Å². The van der Waals surface area contributed by atoms with Crippen LogP contribution in [0.15, 0.2) is 95.3 Å². The van der Waals surface area contributed by atoms with E-state index in [1.807, 2.05) is 50.2 Å². The lowest BCUT2D eigenvalue weighted by Gasteiger charge is -2.18. The molecule has 0 saturated carbocycles. The van der Waals surface area contributed by atoms with Crippen molar-refractivity contribution in [2.75, 3.05) is 13.7 Å². The average Bonchev–Trinajstić information content (AvgIpc) is 3.07. The molecule has 0 aliphatic heterocycles. The van der Waals surface area contributed by atoms with Crippen molar-refractivity contribution < 1.29 is 24.1 Å². The van der Waals surface area contributed by atoms with Gasteiger partial charge in [-0.3, -0.25) is 4.79 Å². The summed E-state index contributed by atoms with van der Waals surface area (Å²) in [4.78, 5) is 30.4. The van der Waals surface area contributed by atoms with Crippen LogP contribution >= 0.6 is 0 Å². The quantitative estimate of drug-likeness (QED) is 0.103. The van der Waals surface area contributed by atoms with Gasteiger partial charge in [0.1, 0.15) is 12.4 Å². The number of hydrogen-bond acceptors (Lipinski definition) is 7. The fourth-order valence-electron chi connectivity index (χ4n) is 5.54. The van der Waals surface area contributed by atoms with Crippen LogP contribution in [-0.4, -0.2) is 40.7 Å². The highest BCUT2D eigenvalue weighted by molar-refractivity contribution is 5.87. The summed E-state index contributed by atoms with van der Waals surface area (Å²) in [6, 6.07) is 21.5. The van der Waals surface area contributed by atoms with Gasteiger partial charge in [-0.25, -0.2) is 9.78 Å². The number of aryl methyl sites for hydroxylation is 1. The van der Waals surface area contributed by atoms with Gasteiger partial charge < -0.3 is 19.3 Å². The molecule has 1 N–H and O–H groups in total. The van der Waals surface area contributed by atoms with Crippen molar-refractivity contribution in [3.05, 3.63) is 129 Å². The number of rotatable bonds is 13. The number of benzene rings is 4. The van der Waals surface area contributed by atoms with Gasteiger partial charge in [-0.15, -0.1) is 6.58 Å². The number of aromatic nitrogens is 2. The van der Waals surface area contributed by atoms with Gasteiger partial charge in [0.05, 0.1) is 36.4 Å². The van der Waals surface area contributed by atoms with Crippen molar-refractivity contribution in [1.29, 1.82) is 0 Å². The molecule has 1 heterocycles. The summed E-state index contributed by atoms with van der Waals surface area (Å²) in [5.41, 5.74) is 5.30. The number of para-hydroxylation sites is 1. The van der Waals surface area contributed by atoms with Crippen LogP contribution in [-0.2, 0) is 13.0 Å². The highest BCUT2D eigenvalue weighted by atomic mass is 16.5. The van der Waals surface area contributed by atoms with Crippen LogP contribution in [0.1, 0.15) is 64.9 Å². The Bertz CT molecular complexity index is 2080. The van der Waals surface area contributed by atoms with E-state index < -0.39 is 5.97 Å². The lowest BCUT2D eigenvalue weighted by molar-refractivity contribution is 0.0696. The van der Waals surface area contributed by atoms with Gasteiger partial charge in [-0.2, -0.15) is 9.78 Å². The minimum absolute atomic E-state index is 0.139. The second-order valence-electron chi connectivity index (χ2n) is 11.6. The molecule has 0 atom stereocenters. The second kappa shape index (κ2) is 14.8. The fraction of sp³-hybridized carbons (Fsp3) is 0.231. The summed E-state index contributed by atoms with van der Waals surface area (Å²) in [5, 5.41) is 14.6. The fourth-order valence-corrected chi connectivity index (χ4v) is 5.54. The van der Waals surface area contributed by atoms with E-state index in [1.165, 1.54) is 10.7 Å². The lowest BCUT2D eigenvalue weighted by Crippen LogP contribution is -2.21. The van der Waals surface area contributed by atoms with Crippen LogP contribution in [0.25, 0.3) is 22.3 Å². The van der Waals surface area contributed by atoms with Crippen molar-refractivity contribution in [2.45, 2.75) is 46.6 Å². The lowest BCUT2D eigenvalue weighted by atomic mass is 9.96. The summed E-state index contributed by atoms with van der Waals surface area (Å²) in [6.07, 6.45) is 3.84. The van der Waals surface area contributed by atoms with E-state index in [0.717, 1.165) is 28.0 Å². The Hall–Kier alpha value is -5.70. The Morgan fingerprint density at radius 1 is 1.04 bits per heavy atom. The van der Waals surface area contributed by atoms with E-state index in [4.69, 9.17) is 24.3 Å². The average molecular weight is 646 g/mol. The molecule has 0 bridgehead atoms. The maximum Gasteiger partial charge on any atom is 0.335 e.